The van der Waals surface area contributed by atoms with Gasteiger partial charge in [-0.1, -0.05) is 18.2 Å². The molecule has 36 heavy (non-hydrogen) atoms. The third-order valence-electron chi connectivity index (χ3n) is 7.69. The minimum atomic E-state index is -0.00793. The summed E-state index contributed by atoms with van der Waals surface area (Å²) in [6.45, 7) is 5.66. The lowest BCUT2D eigenvalue weighted by atomic mass is 10.0. The molecule has 2 aliphatic rings. The second-order valence-corrected chi connectivity index (χ2v) is 10.1. The molecule has 2 fully saturated rings. The van der Waals surface area contributed by atoms with Gasteiger partial charge in [-0.2, -0.15) is 0 Å². The van der Waals surface area contributed by atoms with Crippen LogP contribution in [0, 0.1) is 0 Å². The van der Waals surface area contributed by atoms with Crippen LogP contribution in [0.4, 0.5) is 0 Å². The van der Waals surface area contributed by atoms with Gasteiger partial charge in [0.2, 0.25) is 0 Å². The van der Waals surface area contributed by atoms with Gasteiger partial charge in [0.05, 0.1) is 42.0 Å². The van der Waals surface area contributed by atoms with Gasteiger partial charge in [-0.3, -0.25) is 14.1 Å². The molecule has 6 rings (SSSR count). The molecule has 4 heterocycles. The summed E-state index contributed by atoms with van der Waals surface area (Å²) in [7, 11) is 1.83. The van der Waals surface area contributed by atoms with Crippen LogP contribution in [0.5, 0.6) is 5.75 Å². The molecule has 4 aromatic rings. The van der Waals surface area contributed by atoms with Gasteiger partial charge in [0, 0.05) is 25.6 Å². The van der Waals surface area contributed by atoms with Crippen molar-refractivity contribution >= 4 is 21.9 Å². The van der Waals surface area contributed by atoms with Gasteiger partial charge in [0.15, 0.2) is 0 Å². The smallest absolute Gasteiger partial charge is 0.329 e. The van der Waals surface area contributed by atoms with Crippen molar-refractivity contribution in [2.24, 2.45) is 7.05 Å². The highest BCUT2D eigenvalue weighted by Gasteiger charge is 2.23. The zero-order valence-electron chi connectivity index (χ0n) is 21.0. The molecule has 188 valence electrons. The largest absolute Gasteiger partial charge is 0.494 e. The molecule has 7 heteroatoms. The van der Waals surface area contributed by atoms with Gasteiger partial charge in [-0.25, -0.2) is 4.79 Å². The molecule has 0 radical (unpaired) electrons. The van der Waals surface area contributed by atoms with Crippen LogP contribution in [0.15, 0.2) is 53.5 Å². The minimum Gasteiger partial charge on any atom is -0.494 e. The highest BCUT2D eigenvalue weighted by molar-refractivity contribution is 6.04. The number of aryl methyl sites for hydroxylation is 1. The molecule has 2 saturated heterocycles. The molecule has 0 saturated carbocycles. The van der Waals surface area contributed by atoms with Crippen molar-refractivity contribution in [1.82, 2.24) is 19.0 Å². The molecule has 7 nitrogen and oxygen atoms in total. The summed E-state index contributed by atoms with van der Waals surface area (Å²) >= 11 is 0. The molecular weight excluding hydrogens is 452 g/mol. The summed E-state index contributed by atoms with van der Waals surface area (Å²) in [5, 5.41) is 0.996. The van der Waals surface area contributed by atoms with E-state index in [0.717, 1.165) is 77.8 Å². The number of imidazole rings is 1. The third kappa shape index (κ3) is 4.42. The average molecular weight is 487 g/mol. The van der Waals surface area contributed by atoms with Gasteiger partial charge in [0.1, 0.15) is 5.75 Å². The molecule has 2 aromatic heterocycles. The van der Waals surface area contributed by atoms with E-state index in [1.165, 1.54) is 25.9 Å². The van der Waals surface area contributed by atoms with Crippen molar-refractivity contribution in [3.8, 4) is 16.9 Å². The van der Waals surface area contributed by atoms with E-state index < -0.39 is 0 Å². The SMILES string of the molecule is Cn1c(=O)n([C@@H]2CCCOC2)c2c3cc(-c4ccc(OCCCN5CCCC5)cc4)ccc3ncc21. The Hall–Kier alpha value is -3.16. The van der Waals surface area contributed by atoms with E-state index in [2.05, 4.69) is 34.1 Å². The first-order valence-electron chi connectivity index (χ1n) is 13.2. The number of benzene rings is 2. The molecule has 0 aliphatic carbocycles. The molecule has 0 bridgehead atoms. The summed E-state index contributed by atoms with van der Waals surface area (Å²) in [6, 6.07) is 14.7. The van der Waals surface area contributed by atoms with Gasteiger partial charge in [-0.05, 0) is 80.6 Å². The number of rotatable bonds is 7. The number of hydrogen-bond acceptors (Lipinski definition) is 5. The number of ether oxygens (including phenoxy) is 2. The summed E-state index contributed by atoms with van der Waals surface area (Å²) in [6.07, 6.45) is 7.44. The third-order valence-corrected chi connectivity index (χ3v) is 7.69. The van der Waals surface area contributed by atoms with Crippen LogP contribution in [0.25, 0.3) is 33.1 Å². The summed E-state index contributed by atoms with van der Waals surface area (Å²) < 4.78 is 15.4. The lowest BCUT2D eigenvalue weighted by Crippen LogP contribution is -2.31. The number of nitrogens with zero attached hydrogens (tertiary/aromatic N) is 4. The predicted octanol–water partition coefficient (Wildman–Crippen LogP) is 4.77. The summed E-state index contributed by atoms with van der Waals surface area (Å²) in [4.78, 5) is 20.4. The van der Waals surface area contributed by atoms with E-state index in [-0.39, 0.29) is 11.7 Å². The monoisotopic (exact) mass is 486 g/mol. The average Bonchev–Trinajstić information content (AvgIpc) is 3.53. The Balaban J connectivity index is 1.27. The first kappa shape index (κ1) is 23.3. The summed E-state index contributed by atoms with van der Waals surface area (Å²) in [5.41, 5.74) is 4.90. The van der Waals surface area contributed by atoms with Crippen LogP contribution >= 0.6 is 0 Å². The van der Waals surface area contributed by atoms with Crippen LogP contribution in [0.3, 0.4) is 0 Å². The minimum absolute atomic E-state index is 0.00793. The molecule has 2 aromatic carbocycles. The summed E-state index contributed by atoms with van der Waals surface area (Å²) in [5.74, 6) is 0.902. The van der Waals surface area contributed by atoms with Crippen molar-refractivity contribution in [2.45, 2.75) is 38.1 Å². The fourth-order valence-electron chi connectivity index (χ4n) is 5.70. The van der Waals surface area contributed by atoms with Crippen molar-refractivity contribution in [3.05, 3.63) is 59.1 Å². The van der Waals surface area contributed by atoms with E-state index in [0.29, 0.717) is 6.61 Å². The van der Waals surface area contributed by atoms with E-state index in [9.17, 15) is 4.79 Å². The highest BCUT2D eigenvalue weighted by Crippen LogP contribution is 2.32. The number of hydrogen-bond donors (Lipinski definition) is 0. The molecule has 2 aliphatic heterocycles. The standard InChI is InChI=1S/C29H34N4O3/c1-31-27-19-30-26-12-9-22(18-25(26)28(27)33(29(31)34)23-6-4-16-35-20-23)21-7-10-24(11-8-21)36-17-5-15-32-13-2-3-14-32/h7-12,18-19,23H,2-6,13-17,20H2,1H3/t23-/m1/s1. The maximum Gasteiger partial charge on any atom is 0.329 e. The lowest BCUT2D eigenvalue weighted by molar-refractivity contribution is 0.0593. The van der Waals surface area contributed by atoms with Gasteiger partial charge >= 0.3 is 5.69 Å². The Kier molecular flexibility index (Phi) is 6.50. The molecule has 0 N–H and O–H groups in total. The predicted molar refractivity (Wildman–Crippen MR) is 143 cm³/mol. The molecule has 0 amide bonds. The van der Waals surface area contributed by atoms with Crippen molar-refractivity contribution < 1.29 is 9.47 Å². The first-order valence-corrected chi connectivity index (χ1v) is 13.2. The van der Waals surface area contributed by atoms with E-state index >= 15 is 0 Å². The maximum absolute atomic E-state index is 13.2. The lowest BCUT2D eigenvalue weighted by Gasteiger charge is -2.23. The number of likely N-dealkylation sites (tertiary alicyclic amines) is 1. The van der Waals surface area contributed by atoms with E-state index in [1.54, 1.807) is 4.57 Å². The van der Waals surface area contributed by atoms with Crippen molar-refractivity contribution in [3.63, 3.8) is 0 Å². The first-order chi connectivity index (χ1) is 17.7. The Morgan fingerprint density at radius 1 is 1.06 bits per heavy atom. The van der Waals surface area contributed by atoms with Crippen molar-refractivity contribution in [2.75, 3.05) is 39.5 Å². The van der Waals surface area contributed by atoms with E-state index in [4.69, 9.17) is 9.47 Å². The molecule has 0 spiro atoms. The quantitative estimate of drug-likeness (QED) is 0.352. The van der Waals surface area contributed by atoms with Crippen LogP contribution in [0.2, 0.25) is 0 Å². The maximum atomic E-state index is 13.2. The van der Waals surface area contributed by atoms with Crippen LogP contribution < -0.4 is 10.4 Å². The van der Waals surface area contributed by atoms with Gasteiger partial charge in [0.25, 0.3) is 0 Å². The van der Waals surface area contributed by atoms with Crippen LogP contribution in [0.1, 0.15) is 38.1 Å². The topological polar surface area (TPSA) is 61.5 Å². The molecular formula is C29H34N4O3. The van der Waals surface area contributed by atoms with Crippen molar-refractivity contribution in [1.29, 1.82) is 0 Å². The normalized spacial score (nSPS) is 18.9. The van der Waals surface area contributed by atoms with Crippen LogP contribution in [-0.2, 0) is 11.8 Å². The Bertz CT molecular complexity index is 1410. The zero-order chi connectivity index (χ0) is 24.5. The fourth-order valence-corrected chi connectivity index (χ4v) is 5.70. The van der Waals surface area contributed by atoms with Gasteiger partial charge < -0.3 is 14.4 Å². The number of pyridine rings is 1. The Morgan fingerprint density at radius 2 is 1.86 bits per heavy atom. The molecule has 1 atom stereocenters. The second-order valence-electron chi connectivity index (χ2n) is 10.1. The zero-order valence-corrected chi connectivity index (χ0v) is 21.0. The molecule has 0 unspecified atom stereocenters. The van der Waals surface area contributed by atoms with Gasteiger partial charge in [-0.15, -0.1) is 0 Å². The number of fused-ring (bicyclic) bond motifs is 3. The van der Waals surface area contributed by atoms with Crippen LogP contribution in [-0.4, -0.2) is 58.5 Å². The Labute approximate surface area is 211 Å². The second kappa shape index (κ2) is 10.1. The fraction of sp³-hybridized carbons (Fsp3) is 0.448. The van der Waals surface area contributed by atoms with E-state index in [1.807, 2.05) is 36.0 Å². The number of aromatic nitrogens is 3. The Morgan fingerprint density at radius 3 is 2.64 bits per heavy atom. The highest BCUT2D eigenvalue weighted by atomic mass is 16.5.